The van der Waals surface area contributed by atoms with Crippen molar-refractivity contribution < 1.29 is 4.57 Å². The summed E-state index contributed by atoms with van der Waals surface area (Å²) in [6.07, 6.45) is 26.0. The Morgan fingerprint density at radius 1 is 0.833 bits per heavy atom. The quantitative estimate of drug-likeness (QED) is 0.236. The van der Waals surface area contributed by atoms with Gasteiger partial charge in [-0.05, 0) is 12.8 Å². The van der Waals surface area contributed by atoms with Gasteiger partial charge in [-0.3, -0.25) is 0 Å². The normalized spacial score (nSPS) is 11.1. The van der Waals surface area contributed by atoms with E-state index in [9.17, 15) is 0 Å². The minimum atomic E-state index is 1.14. The Morgan fingerprint density at radius 3 is 1.71 bits per heavy atom. The Balaban J connectivity index is 1.84. The molecule has 1 aromatic rings. The number of aromatic nitrogens is 2. The van der Waals surface area contributed by atoms with Crippen LogP contribution < -0.4 is 4.57 Å². The van der Waals surface area contributed by atoms with Crippen LogP contribution in [-0.4, -0.2) is 4.57 Å². The summed E-state index contributed by atoms with van der Waals surface area (Å²) in [6, 6.07) is 0. The molecule has 2 heteroatoms. The number of hydrogen-bond acceptors (Lipinski definition) is 0. The molecule has 2 nitrogen and oxygen atoms in total. The molecule has 0 aliphatic heterocycles. The standard InChI is InChI=1S/C22H41N2/c1-4-6-7-8-9-10-11-12-13-14-15-16-17-18-19-24-21-20-23(5-2)22(24)3/h5,20-21H,2,4,6-19H2,1,3H3/q+1. The van der Waals surface area contributed by atoms with Crippen molar-refractivity contribution in [1.82, 2.24) is 4.57 Å². The fourth-order valence-electron chi connectivity index (χ4n) is 3.42. The highest BCUT2D eigenvalue weighted by molar-refractivity contribution is 5.16. The van der Waals surface area contributed by atoms with E-state index in [1.807, 2.05) is 6.20 Å². The van der Waals surface area contributed by atoms with Gasteiger partial charge in [0.05, 0.1) is 12.7 Å². The summed E-state index contributed by atoms with van der Waals surface area (Å²) < 4.78 is 4.42. The van der Waals surface area contributed by atoms with Crippen LogP contribution in [0.1, 0.15) is 103 Å². The van der Waals surface area contributed by atoms with Gasteiger partial charge in [-0.2, -0.15) is 0 Å². The zero-order chi connectivity index (χ0) is 17.5. The molecule has 0 aliphatic rings. The molecule has 0 amide bonds. The van der Waals surface area contributed by atoms with Gasteiger partial charge in [0.1, 0.15) is 12.4 Å². The molecule has 0 aliphatic carbocycles. The minimum Gasteiger partial charge on any atom is -0.234 e. The summed E-state index contributed by atoms with van der Waals surface area (Å²) in [5.74, 6) is 1.28. The first-order valence-corrected chi connectivity index (χ1v) is 10.5. The van der Waals surface area contributed by atoms with Crippen molar-refractivity contribution in [1.29, 1.82) is 0 Å². The Morgan fingerprint density at radius 2 is 1.29 bits per heavy atom. The van der Waals surface area contributed by atoms with E-state index in [1.165, 1.54) is 95.7 Å². The van der Waals surface area contributed by atoms with Gasteiger partial charge in [0, 0.05) is 6.92 Å². The molecular weight excluding hydrogens is 292 g/mol. The molecule has 138 valence electrons. The Kier molecular flexibility index (Phi) is 12.5. The van der Waals surface area contributed by atoms with Crippen LogP contribution in [0.15, 0.2) is 19.0 Å². The van der Waals surface area contributed by atoms with E-state index in [2.05, 4.69) is 42.0 Å². The van der Waals surface area contributed by atoms with Gasteiger partial charge in [0.25, 0.3) is 5.82 Å². The third-order valence-corrected chi connectivity index (χ3v) is 5.15. The molecule has 24 heavy (non-hydrogen) atoms. The van der Waals surface area contributed by atoms with Gasteiger partial charge >= 0.3 is 0 Å². The maximum Gasteiger partial charge on any atom is 0.257 e. The average Bonchev–Trinajstić information content (AvgIpc) is 2.95. The number of aryl methyl sites for hydroxylation is 1. The van der Waals surface area contributed by atoms with Gasteiger partial charge in [-0.25, -0.2) is 9.13 Å². The van der Waals surface area contributed by atoms with Crippen LogP contribution >= 0.6 is 0 Å². The topological polar surface area (TPSA) is 8.81 Å². The number of rotatable bonds is 16. The zero-order valence-corrected chi connectivity index (χ0v) is 16.4. The van der Waals surface area contributed by atoms with Crippen LogP contribution in [0.25, 0.3) is 6.20 Å². The fraction of sp³-hybridized carbons (Fsp3) is 0.773. The highest BCUT2D eigenvalue weighted by Gasteiger charge is 2.08. The van der Waals surface area contributed by atoms with Crippen LogP contribution in [0.2, 0.25) is 0 Å². The fourth-order valence-corrected chi connectivity index (χ4v) is 3.42. The number of unbranched alkanes of at least 4 members (excludes halogenated alkanes) is 13. The van der Waals surface area contributed by atoms with Gasteiger partial charge in [-0.1, -0.05) is 90.6 Å². The molecule has 1 heterocycles. The van der Waals surface area contributed by atoms with E-state index in [0.29, 0.717) is 0 Å². The molecule has 0 saturated carbocycles. The van der Waals surface area contributed by atoms with E-state index in [4.69, 9.17) is 0 Å². The summed E-state index contributed by atoms with van der Waals surface area (Å²) in [5.41, 5.74) is 0. The predicted molar refractivity (Wildman–Crippen MR) is 106 cm³/mol. The smallest absolute Gasteiger partial charge is 0.234 e. The lowest BCUT2D eigenvalue weighted by atomic mass is 10.0. The summed E-state index contributed by atoms with van der Waals surface area (Å²) >= 11 is 0. The van der Waals surface area contributed by atoms with Gasteiger partial charge in [0.2, 0.25) is 0 Å². The maximum absolute atomic E-state index is 3.83. The van der Waals surface area contributed by atoms with E-state index < -0.39 is 0 Å². The zero-order valence-electron chi connectivity index (χ0n) is 16.4. The largest absolute Gasteiger partial charge is 0.257 e. The molecule has 0 saturated heterocycles. The van der Waals surface area contributed by atoms with Crippen molar-refractivity contribution in [3.05, 3.63) is 24.8 Å². The van der Waals surface area contributed by atoms with Crippen LogP contribution in [0, 0.1) is 6.92 Å². The molecule has 0 fully saturated rings. The molecule has 0 atom stereocenters. The Bertz CT molecular complexity index is 420. The molecule has 0 aromatic carbocycles. The molecule has 0 unspecified atom stereocenters. The van der Waals surface area contributed by atoms with Gasteiger partial charge in [0.15, 0.2) is 0 Å². The minimum absolute atomic E-state index is 1.14. The van der Waals surface area contributed by atoms with Crippen LogP contribution in [0.3, 0.4) is 0 Å². The highest BCUT2D eigenvalue weighted by Crippen LogP contribution is 2.12. The van der Waals surface area contributed by atoms with Crippen molar-refractivity contribution >= 4 is 6.20 Å². The second-order valence-electron chi connectivity index (χ2n) is 7.22. The van der Waals surface area contributed by atoms with E-state index in [0.717, 1.165) is 6.54 Å². The molecule has 0 N–H and O–H groups in total. The van der Waals surface area contributed by atoms with Gasteiger partial charge in [-0.15, -0.1) is 0 Å². The van der Waals surface area contributed by atoms with E-state index >= 15 is 0 Å². The lowest BCUT2D eigenvalue weighted by Gasteiger charge is -2.03. The first kappa shape index (κ1) is 21.0. The van der Waals surface area contributed by atoms with Crippen molar-refractivity contribution in [2.75, 3.05) is 0 Å². The summed E-state index contributed by atoms with van der Waals surface area (Å²) in [4.78, 5) is 0. The lowest BCUT2D eigenvalue weighted by molar-refractivity contribution is -0.702. The average molecular weight is 334 g/mol. The molecular formula is C22H41N2+. The SMILES string of the molecule is C=Cn1cc[n+](CCCCCCCCCCCCCCCC)c1C. The third kappa shape index (κ3) is 9.30. The first-order valence-electron chi connectivity index (χ1n) is 10.5. The monoisotopic (exact) mass is 333 g/mol. The number of hydrogen-bond donors (Lipinski definition) is 0. The van der Waals surface area contributed by atoms with Crippen LogP contribution in [0.5, 0.6) is 0 Å². The van der Waals surface area contributed by atoms with Crippen LogP contribution in [0.4, 0.5) is 0 Å². The molecule has 0 radical (unpaired) electrons. The molecule has 0 bridgehead atoms. The Hall–Kier alpha value is -1.05. The second kappa shape index (κ2) is 14.3. The lowest BCUT2D eigenvalue weighted by Crippen LogP contribution is -2.35. The van der Waals surface area contributed by atoms with E-state index in [1.54, 1.807) is 0 Å². The number of nitrogens with zero attached hydrogens (tertiary/aromatic N) is 2. The van der Waals surface area contributed by atoms with Crippen molar-refractivity contribution in [2.24, 2.45) is 0 Å². The first-order chi connectivity index (χ1) is 11.8. The third-order valence-electron chi connectivity index (χ3n) is 5.15. The maximum atomic E-state index is 3.83. The highest BCUT2D eigenvalue weighted by atomic mass is 15.1. The van der Waals surface area contributed by atoms with Crippen molar-refractivity contribution in [3.8, 4) is 0 Å². The summed E-state index contributed by atoms with van der Waals surface area (Å²) in [6.45, 7) is 9.42. The second-order valence-corrected chi connectivity index (χ2v) is 7.22. The number of imidazole rings is 1. The molecule has 0 spiro atoms. The summed E-state index contributed by atoms with van der Waals surface area (Å²) in [7, 11) is 0. The summed E-state index contributed by atoms with van der Waals surface area (Å²) in [5, 5.41) is 0. The van der Waals surface area contributed by atoms with Crippen molar-refractivity contribution in [2.45, 2.75) is 110 Å². The Labute approximate surface area is 151 Å². The molecule has 1 rings (SSSR count). The van der Waals surface area contributed by atoms with E-state index in [-0.39, 0.29) is 0 Å². The van der Waals surface area contributed by atoms with Crippen molar-refractivity contribution in [3.63, 3.8) is 0 Å². The molecule has 1 aromatic heterocycles. The van der Waals surface area contributed by atoms with Gasteiger partial charge < -0.3 is 0 Å². The predicted octanol–water partition coefficient (Wildman–Crippen LogP) is 6.67. The van der Waals surface area contributed by atoms with Crippen LogP contribution in [-0.2, 0) is 6.54 Å².